The van der Waals surface area contributed by atoms with Crippen LogP contribution in [0, 0.1) is 41.4 Å². The molecule has 0 aromatic carbocycles. The first-order valence-corrected chi connectivity index (χ1v) is 13.0. The molecule has 0 aliphatic carbocycles. The normalized spacial score (nSPS) is 43.9. The minimum atomic E-state index is 0.00463. The summed E-state index contributed by atoms with van der Waals surface area (Å²) in [5.41, 5.74) is 0.0249. The zero-order chi connectivity index (χ0) is 23.1. The van der Waals surface area contributed by atoms with Crippen molar-refractivity contribution < 1.29 is 18.9 Å². The molecular weight excluding hydrogens is 388 g/mol. The van der Waals surface area contributed by atoms with E-state index in [1.165, 1.54) is 0 Å². The van der Waals surface area contributed by atoms with E-state index in [0.717, 1.165) is 32.7 Å². The van der Waals surface area contributed by atoms with Crippen LogP contribution in [-0.2, 0) is 18.9 Å². The summed E-state index contributed by atoms with van der Waals surface area (Å²) < 4.78 is 24.2. The molecular formula is C27H50O4. The van der Waals surface area contributed by atoms with Crippen molar-refractivity contribution in [2.45, 2.75) is 112 Å². The average molecular weight is 439 g/mol. The lowest BCUT2D eigenvalue weighted by molar-refractivity contribution is -0.143. The second-order valence-electron chi connectivity index (χ2n) is 12.5. The van der Waals surface area contributed by atoms with E-state index in [0.29, 0.717) is 53.6 Å². The molecule has 0 N–H and O–H groups in total. The van der Waals surface area contributed by atoms with Crippen LogP contribution < -0.4 is 0 Å². The van der Waals surface area contributed by atoms with Gasteiger partial charge in [-0.2, -0.15) is 0 Å². The third kappa shape index (κ3) is 4.88. The summed E-state index contributed by atoms with van der Waals surface area (Å²) in [5, 5.41) is 0. The molecule has 4 nitrogen and oxygen atoms in total. The highest BCUT2D eigenvalue weighted by Gasteiger charge is 2.60. The van der Waals surface area contributed by atoms with Gasteiger partial charge in [0.15, 0.2) is 0 Å². The summed E-state index contributed by atoms with van der Waals surface area (Å²) in [6, 6.07) is 0. The van der Waals surface area contributed by atoms with Crippen LogP contribution in [0.3, 0.4) is 0 Å². The molecule has 0 spiro atoms. The van der Waals surface area contributed by atoms with Gasteiger partial charge in [0.2, 0.25) is 0 Å². The predicted molar refractivity (Wildman–Crippen MR) is 126 cm³/mol. The van der Waals surface area contributed by atoms with Gasteiger partial charge in [-0.3, -0.25) is 0 Å². The third-order valence-corrected chi connectivity index (χ3v) is 8.06. The van der Waals surface area contributed by atoms with E-state index in [4.69, 9.17) is 18.9 Å². The molecule has 4 aliphatic rings. The second kappa shape index (κ2) is 9.60. The Labute approximate surface area is 192 Å². The lowest BCUT2D eigenvalue weighted by atomic mass is 9.69. The molecule has 0 saturated carbocycles. The summed E-state index contributed by atoms with van der Waals surface area (Å²) >= 11 is 0. The molecule has 4 heterocycles. The smallest absolute Gasteiger partial charge is 0.0978 e. The quantitative estimate of drug-likeness (QED) is 0.512. The molecule has 8 unspecified atom stereocenters. The predicted octanol–water partition coefficient (Wildman–Crippen LogP) is 5.97. The van der Waals surface area contributed by atoms with Crippen LogP contribution in [0.4, 0.5) is 0 Å². The Morgan fingerprint density at radius 2 is 1.23 bits per heavy atom. The Balaban J connectivity index is 0.000000176. The molecule has 0 radical (unpaired) electrons. The standard InChI is InChI=1S/C14H26O2.C13H24O2/c1-9(2)6-14-8-15-7-12(11(5)16-14)13(14)10(3)4;1-8(2)6-13-7-14-12(10(5)15-13)11(13)9(3)4/h9-13H,6-8H2,1-5H3;8-12H,6-7H2,1-5H3. The maximum absolute atomic E-state index is 6.33. The Morgan fingerprint density at radius 3 is 1.71 bits per heavy atom. The minimum absolute atomic E-state index is 0.00463. The molecule has 0 aromatic rings. The Morgan fingerprint density at radius 1 is 0.710 bits per heavy atom. The van der Waals surface area contributed by atoms with Crippen LogP contribution in [0.2, 0.25) is 0 Å². The Hall–Kier alpha value is -0.160. The SMILES string of the molecule is CC(C)CC12COC(C(C)O1)C2C(C)C.CC(C)CC12COCC(C(C)O1)C2C(C)C. The van der Waals surface area contributed by atoms with E-state index in [9.17, 15) is 0 Å². The van der Waals surface area contributed by atoms with E-state index in [1.807, 2.05) is 0 Å². The highest BCUT2D eigenvalue weighted by atomic mass is 16.6. The summed E-state index contributed by atoms with van der Waals surface area (Å²) in [7, 11) is 0. The van der Waals surface area contributed by atoms with Crippen LogP contribution in [0.5, 0.6) is 0 Å². The number of hydrogen-bond acceptors (Lipinski definition) is 4. The molecule has 4 bridgehead atoms. The Bertz CT molecular complexity index is 584. The van der Waals surface area contributed by atoms with Crippen LogP contribution in [0.15, 0.2) is 0 Å². The topological polar surface area (TPSA) is 36.9 Å². The molecule has 0 amide bonds. The molecule has 0 aromatic heterocycles. The van der Waals surface area contributed by atoms with Crippen molar-refractivity contribution in [3.8, 4) is 0 Å². The summed E-state index contributed by atoms with van der Waals surface area (Å²) in [6.07, 6.45) is 3.26. The highest BCUT2D eigenvalue weighted by molar-refractivity contribution is 5.07. The van der Waals surface area contributed by atoms with E-state index >= 15 is 0 Å². The number of rotatable bonds is 6. The number of ether oxygens (including phenoxy) is 4. The molecule has 4 saturated heterocycles. The summed E-state index contributed by atoms with van der Waals surface area (Å²) in [5.74, 6) is 4.58. The van der Waals surface area contributed by atoms with Crippen molar-refractivity contribution in [1.82, 2.24) is 0 Å². The van der Waals surface area contributed by atoms with Crippen molar-refractivity contribution in [2.75, 3.05) is 19.8 Å². The van der Waals surface area contributed by atoms with Gasteiger partial charge in [-0.15, -0.1) is 0 Å². The first kappa shape index (κ1) is 25.5. The van der Waals surface area contributed by atoms with Gasteiger partial charge in [0.05, 0.1) is 49.3 Å². The van der Waals surface area contributed by atoms with Crippen molar-refractivity contribution in [3.63, 3.8) is 0 Å². The highest BCUT2D eigenvalue weighted by Crippen LogP contribution is 2.51. The van der Waals surface area contributed by atoms with Crippen LogP contribution in [0.1, 0.15) is 82.1 Å². The monoisotopic (exact) mass is 438 g/mol. The maximum Gasteiger partial charge on any atom is 0.0978 e. The second-order valence-corrected chi connectivity index (χ2v) is 12.5. The summed E-state index contributed by atoms with van der Waals surface area (Å²) in [4.78, 5) is 0. The first-order valence-electron chi connectivity index (χ1n) is 13.0. The van der Waals surface area contributed by atoms with E-state index in [1.54, 1.807) is 0 Å². The van der Waals surface area contributed by atoms with Gasteiger partial charge in [0.1, 0.15) is 0 Å². The average Bonchev–Trinajstić information content (AvgIpc) is 3.16. The summed E-state index contributed by atoms with van der Waals surface area (Å²) in [6.45, 7) is 25.2. The van der Waals surface area contributed by atoms with Crippen molar-refractivity contribution in [1.29, 1.82) is 0 Å². The van der Waals surface area contributed by atoms with Gasteiger partial charge < -0.3 is 18.9 Å². The van der Waals surface area contributed by atoms with Gasteiger partial charge >= 0.3 is 0 Å². The maximum atomic E-state index is 6.33. The molecule has 4 rings (SSSR count). The van der Waals surface area contributed by atoms with Crippen molar-refractivity contribution in [3.05, 3.63) is 0 Å². The van der Waals surface area contributed by atoms with Gasteiger partial charge in [0, 0.05) is 11.8 Å². The fraction of sp³-hybridized carbons (Fsp3) is 1.00. The van der Waals surface area contributed by atoms with E-state index in [2.05, 4.69) is 69.2 Å². The van der Waals surface area contributed by atoms with Crippen LogP contribution in [-0.4, -0.2) is 49.3 Å². The van der Waals surface area contributed by atoms with Crippen LogP contribution >= 0.6 is 0 Å². The van der Waals surface area contributed by atoms with Crippen molar-refractivity contribution in [2.24, 2.45) is 41.4 Å². The molecule has 8 atom stereocenters. The lowest BCUT2D eigenvalue weighted by Crippen LogP contribution is -2.49. The van der Waals surface area contributed by atoms with E-state index in [-0.39, 0.29) is 17.3 Å². The fourth-order valence-electron chi connectivity index (χ4n) is 7.63. The van der Waals surface area contributed by atoms with Crippen LogP contribution in [0.25, 0.3) is 0 Å². The van der Waals surface area contributed by atoms with Gasteiger partial charge in [-0.25, -0.2) is 0 Å². The van der Waals surface area contributed by atoms with Gasteiger partial charge in [0.25, 0.3) is 0 Å². The molecule has 4 fully saturated rings. The van der Waals surface area contributed by atoms with E-state index < -0.39 is 0 Å². The van der Waals surface area contributed by atoms with Crippen molar-refractivity contribution >= 4 is 0 Å². The molecule has 31 heavy (non-hydrogen) atoms. The molecule has 4 heteroatoms. The third-order valence-electron chi connectivity index (χ3n) is 8.06. The molecule has 4 aliphatic heterocycles. The largest absolute Gasteiger partial charge is 0.378 e. The zero-order valence-corrected chi connectivity index (χ0v) is 21.9. The van der Waals surface area contributed by atoms with Gasteiger partial charge in [-0.1, -0.05) is 55.4 Å². The fourth-order valence-corrected chi connectivity index (χ4v) is 7.63. The zero-order valence-electron chi connectivity index (χ0n) is 21.9. The first-order chi connectivity index (χ1) is 14.4. The minimum Gasteiger partial charge on any atom is -0.378 e. The van der Waals surface area contributed by atoms with Gasteiger partial charge in [-0.05, 0) is 56.3 Å². The number of hydrogen-bond donors (Lipinski definition) is 0. The number of fused-ring (bicyclic) bond motifs is 4. The lowest BCUT2D eigenvalue weighted by Gasteiger charge is -2.42. The molecule has 182 valence electrons. The Kier molecular flexibility index (Phi) is 7.89.